The maximum Gasteiger partial charge on any atom is 0.324 e. The summed E-state index contributed by atoms with van der Waals surface area (Å²) in [5.74, 6) is 4.04. The van der Waals surface area contributed by atoms with Crippen LogP contribution in [-0.4, -0.2) is 67.3 Å². The van der Waals surface area contributed by atoms with Crippen molar-refractivity contribution >= 4 is 11.9 Å². The topological polar surface area (TPSA) is 83.7 Å². The Kier molecular flexibility index (Phi) is 6.53. The van der Waals surface area contributed by atoms with Gasteiger partial charge in [0.05, 0.1) is 7.11 Å². The molecule has 1 saturated carbocycles. The highest BCUT2D eigenvalue weighted by molar-refractivity contribution is 5.79. The maximum absolute atomic E-state index is 12.7. The number of aromatic nitrogens is 2. The second-order valence-electron chi connectivity index (χ2n) is 10.0. The van der Waals surface area contributed by atoms with Crippen molar-refractivity contribution in [1.82, 2.24) is 20.4 Å². The fraction of sp³-hybridized carbons (Fsp3) is 0.640. The zero-order chi connectivity index (χ0) is 22.8. The second-order valence-corrected chi connectivity index (χ2v) is 10.0. The zero-order valence-corrected chi connectivity index (χ0v) is 19.7. The smallest absolute Gasteiger partial charge is 0.324 e. The van der Waals surface area contributed by atoms with Gasteiger partial charge in [-0.3, -0.25) is 4.79 Å². The van der Waals surface area contributed by atoms with E-state index in [9.17, 15) is 4.79 Å². The van der Waals surface area contributed by atoms with E-state index < -0.39 is 0 Å². The third kappa shape index (κ3) is 5.32. The molecule has 2 saturated heterocycles. The summed E-state index contributed by atoms with van der Waals surface area (Å²) in [6.07, 6.45) is 4.21. The average molecular weight is 454 g/mol. The molecule has 8 nitrogen and oxygen atoms in total. The summed E-state index contributed by atoms with van der Waals surface area (Å²) in [5, 5.41) is 7.36. The van der Waals surface area contributed by atoms with Gasteiger partial charge in [0.2, 0.25) is 11.7 Å². The fourth-order valence-electron chi connectivity index (χ4n) is 5.15. The lowest BCUT2D eigenvalue weighted by molar-refractivity contribution is -0.125. The van der Waals surface area contributed by atoms with Crippen LogP contribution in [0, 0.1) is 23.7 Å². The number of carbonyl (C=O) groups excluding carboxylic acids is 1. The molecule has 33 heavy (non-hydrogen) atoms. The number of methoxy groups -OCH3 is 1. The lowest BCUT2D eigenvalue weighted by atomic mass is 9.96. The summed E-state index contributed by atoms with van der Waals surface area (Å²) >= 11 is 0. The Morgan fingerprint density at radius 1 is 1.18 bits per heavy atom. The van der Waals surface area contributed by atoms with Crippen LogP contribution >= 0.6 is 0 Å². The first kappa shape index (κ1) is 22.2. The molecule has 1 aromatic carbocycles. The van der Waals surface area contributed by atoms with Crippen LogP contribution < -0.4 is 15.0 Å². The molecular formula is C25H35N5O3. The van der Waals surface area contributed by atoms with Crippen LogP contribution in [-0.2, 0) is 4.79 Å². The third-order valence-electron chi connectivity index (χ3n) is 7.60. The SMILES string of the molecule is COc1ccc(-c2noc(N3CCC(C(=O)NCC4CCN(CC5CC5C)C4)CC3)n2)cc1. The van der Waals surface area contributed by atoms with Gasteiger partial charge in [0.15, 0.2) is 0 Å². The highest BCUT2D eigenvalue weighted by atomic mass is 16.5. The van der Waals surface area contributed by atoms with E-state index in [0.29, 0.717) is 17.8 Å². The fourth-order valence-corrected chi connectivity index (χ4v) is 5.15. The molecule has 0 bridgehead atoms. The number of likely N-dealkylation sites (tertiary alicyclic amines) is 1. The van der Waals surface area contributed by atoms with Gasteiger partial charge in [0.25, 0.3) is 0 Å². The van der Waals surface area contributed by atoms with Crippen molar-refractivity contribution in [2.45, 2.75) is 32.6 Å². The monoisotopic (exact) mass is 453 g/mol. The van der Waals surface area contributed by atoms with Crippen molar-refractivity contribution < 1.29 is 14.1 Å². The van der Waals surface area contributed by atoms with Crippen molar-refractivity contribution in [2.24, 2.45) is 23.7 Å². The quantitative estimate of drug-likeness (QED) is 0.658. The summed E-state index contributed by atoms with van der Waals surface area (Å²) in [7, 11) is 1.64. The standard InChI is InChI=1S/C25H35N5O3/c1-17-13-21(17)16-29-10-7-18(15-29)14-26-24(31)20-8-11-30(12-9-20)25-27-23(28-33-25)19-3-5-22(32-2)6-4-19/h3-6,17-18,20-21H,7-16H2,1-2H3,(H,26,31). The Morgan fingerprint density at radius 3 is 2.64 bits per heavy atom. The number of rotatable bonds is 8. The van der Waals surface area contributed by atoms with Gasteiger partial charge in [0, 0.05) is 44.2 Å². The normalized spacial score (nSPS) is 25.9. The first-order valence-electron chi connectivity index (χ1n) is 12.3. The van der Waals surface area contributed by atoms with Crippen LogP contribution in [0.3, 0.4) is 0 Å². The van der Waals surface area contributed by atoms with Gasteiger partial charge in [-0.25, -0.2) is 0 Å². The third-order valence-corrected chi connectivity index (χ3v) is 7.60. The minimum absolute atomic E-state index is 0.0649. The molecule has 1 amide bonds. The first-order valence-corrected chi connectivity index (χ1v) is 12.3. The zero-order valence-electron chi connectivity index (χ0n) is 19.7. The number of carbonyl (C=O) groups is 1. The highest BCUT2D eigenvalue weighted by Crippen LogP contribution is 2.39. The molecule has 8 heteroatoms. The molecule has 0 spiro atoms. The lowest BCUT2D eigenvalue weighted by Crippen LogP contribution is -2.42. The molecule has 5 rings (SSSR count). The number of anilines is 1. The van der Waals surface area contributed by atoms with E-state index in [1.165, 1.54) is 25.9 Å². The van der Waals surface area contributed by atoms with Crippen molar-refractivity contribution in [3.63, 3.8) is 0 Å². The Labute approximate surface area is 195 Å². The van der Waals surface area contributed by atoms with Gasteiger partial charge in [-0.1, -0.05) is 12.1 Å². The van der Waals surface area contributed by atoms with Crippen LogP contribution in [0.2, 0.25) is 0 Å². The predicted octanol–water partition coefficient (Wildman–Crippen LogP) is 3.06. The van der Waals surface area contributed by atoms with Crippen LogP contribution in [0.25, 0.3) is 11.4 Å². The van der Waals surface area contributed by atoms with Crippen LogP contribution in [0.5, 0.6) is 5.75 Å². The van der Waals surface area contributed by atoms with Crippen molar-refractivity contribution in [2.75, 3.05) is 51.3 Å². The molecule has 1 aliphatic carbocycles. The summed E-state index contributed by atoms with van der Waals surface area (Å²) in [6.45, 7) is 8.23. The molecule has 3 unspecified atom stereocenters. The molecule has 2 aromatic rings. The van der Waals surface area contributed by atoms with Crippen LogP contribution in [0.15, 0.2) is 28.8 Å². The number of ether oxygens (including phenoxy) is 1. The molecule has 3 heterocycles. The van der Waals surface area contributed by atoms with Gasteiger partial charge < -0.3 is 24.4 Å². The van der Waals surface area contributed by atoms with Gasteiger partial charge in [-0.05, 0) is 74.2 Å². The van der Waals surface area contributed by atoms with Gasteiger partial charge in [-0.2, -0.15) is 4.98 Å². The lowest BCUT2D eigenvalue weighted by Gasteiger charge is -2.30. The predicted molar refractivity (Wildman–Crippen MR) is 126 cm³/mol. The number of hydrogen-bond acceptors (Lipinski definition) is 7. The number of benzene rings is 1. The second kappa shape index (κ2) is 9.71. The van der Waals surface area contributed by atoms with Crippen molar-refractivity contribution in [1.29, 1.82) is 0 Å². The number of amides is 1. The molecular weight excluding hydrogens is 418 g/mol. The van der Waals surface area contributed by atoms with E-state index in [2.05, 4.69) is 32.2 Å². The number of hydrogen-bond donors (Lipinski definition) is 1. The summed E-state index contributed by atoms with van der Waals surface area (Å²) in [5.41, 5.74) is 0.886. The minimum Gasteiger partial charge on any atom is -0.497 e. The highest BCUT2D eigenvalue weighted by Gasteiger charge is 2.36. The molecule has 2 aliphatic heterocycles. The van der Waals surface area contributed by atoms with E-state index in [1.54, 1.807) is 7.11 Å². The van der Waals surface area contributed by atoms with Gasteiger partial charge >= 0.3 is 6.01 Å². The van der Waals surface area contributed by atoms with Gasteiger partial charge in [-0.15, -0.1) is 0 Å². The van der Waals surface area contributed by atoms with E-state index in [1.807, 2.05) is 24.3 Å². The van der Waals surface area contributed by atoms with Crippen LogP contribution in [0.1, 0.15) is 32.6 Å². The Bertz CT molecular complexity index is 938. The molecule has 3 atom stereocenters. The summed E-state index contributed by atoms with van der Waals surface area (Å²) in [4.78, 5) is 22.0. The number of piperidine rings is 1. The van der Waals surface area contributed by atoms with E-state index in [4.69, 9.17) is 9.26 Å². The number of nitrogens with one attached hydrogen (secondary N) is 1. The molecule has 1 N–H and O–H groups in total. The molecule has 3 fully saturated rings. The maximum atomic E-state index is 12.7. The van der Waals surface area contributed by atoms with E-state index in [-0.39, 0.29) is 11.8 Å². The molecule has 178 valence electrons. The van der Waals surface area contributed by atoms with Gasteiger partial charge in [0.1, 0.15) is 5.75 Å². The Hall–Kier alpha value is -2.61. The largest absolute Gasteiger partial charge is 0.497 e. The number of nitrogens with zero attached hydrogens (tertiary/aromatic N) is 4. The minimum atomic E-state index is 0.0649. The average Bonchev–Trinajstić information content (AvgIpc) is 3.23. The summed E-state index contributed by atoms with van der Waals surface area (Å²) in [6, 6.07) is 8.12. The van der Waals surface area contributed by atoms with E-state index in [0.717, 1.165) is 62.2 Å². The molecule has 1 aromatic heterocycles. The summed E-state index contributed by atoms with van der Waals surface area (Å²) < 4.78 is 10.7. The molecule has 3 aliphatic rings. The van der Waals surface area contributed by atoms with Crippen LogP contribution in [0.4, 0.5) is 6.01 Å². The Balaban J connectivity index is 1.05. The van der Waals surface area contributed by atoms with Crippen molar-refractivity contribution in [3.05, 3.63) is 24.3 Å². The first-order chi connectivity index (χ1) is 16.1. The Morgan fingerprint density at radius 2 is 1.94 bits per heavy atom. The van der Waals surface area contributed by atoms with E-state index >= 15 is 0 Å². The van der Waals surface area contributed by atoms with Crippen molar-refractivity contribution in [3.8, 4) is 17.1 Å². The molecule has 0 radical (unpaired) electrons.